The molecule has 1 aromatic heterocycles. The molecule has 0 aliphatic heterocycles. The van der Waals surface area contributed by atoms with E-state index in [-0.39, 0.29) is 12.4 Å². The van der Waals surface area contributed by atoms with Crippen molar-refractivity contribution in [2.24, 2.45) is 0 Å². The van der Waals surface area contributed by atoms with Crippen LogP contribution in [-0.2, 0) is 6.54 Å². The van der Waals surface area contributed by atoms with Crippen molar-refractivity contribution < 1.29 is 10.2 Å². The molecule has 3 aromatic rings. The largest absolute Gasteiger partial charge is 0.507 e. The molecule has 0 fully saturated rings. The molecular formula is C14H14N2O2. The van der Waals surface area contributed by atoms with E-state index in [0.29, 0.717) is 12.2 Å². The van der Waals surface area contributed by atoms with Gasteiger partial charge in [-0.2, -0.15) is 0 Å². The molecule has 0 amide bonds. The zero-order valence-corrected chi connectivity index (χ0v) is 9.80. The summed E-state index contributed by atoms with van der Waals surface area (Å²) in [6, 6.07) is 11.0. The zero-order chi connectivity index (χ0) is 12.7. The molecule has 0 spiro atoms. The third kappa shape index (κ3) is 1.36. The van der Waals surface area contributed by atoms with Gasteiger partial charge < -0.3 is 20.5 Å². The molecule has 4 N–H and O–H groups in total. The van der Waals surface area contributed by atoms with Gasteiger partial charge in [-0.1, -0.05) is 12.1 Å². The first-order chi connectivity index (χ1) is 8.74. The van der Waals surface area contributed by atoms with E-state index in [0.717, 1.165) is 21.8 Å². The third-order valence-electron chi connectivity index (χ3n) is 3.25. The number of hydrogen-bond acceptors (Lipinski definition) is 3. The van der Waals surface area contributed by atoms with Crippen molar-refractivity contribution in [2.45, 2.75) is 6.54 Å². The lowest BCUT2D eigenvalue weighted by molar-refractivity contribution is 0.280. The quantitative estimate of drug-likeness (QED) is 0.602. The summed E-state index contributed by atoms with van der Waals surface area (Å²) in [4.78, 5) is 0. The lowest BCUT2D eigenvalue weighted by Gasteiger charge is -2.04. The van der Waals surface area contributed by atoms with Crippen LogP contribution in [0.4, 0.5) is 5.69 Å². The predicted octanol–water partition coefficient (Wildman–Crippen LogP) is 2.07. The Kier molecular flexibility index (Phi) is 2.38. The number of hydrogen-bond donors (Lipinski definition) is 3. The van der Waals surface area contributed by atoms with Gasteiger partial charge in [0.2, 0.25) is 0 Å². The number of nitrogen functional groups attached to an aromatic ring is 1. The molecule has 92 valence electrons. The standard InChI is InChI=1S/C14H14N2O2/c15-9-3-1-4-10-13(9)14-11(16(10)7-8-17)5-2-6-12(14)18/h1-6,17-18H,7-8,15H2. The molecule has 0 saturated heterocycles. The molecule has 4 nitrogen and oxygen atoms in total. The van der Waals surface area contributed by atoms with Gasteiger partial charge in [0.25, 0.3) is 0 Å². The highest BCUT2D eigenvalue weighted by Gasteiger charge is 2.14. The number of rotatable bonds is 2. The van der Waals surface area contributed by atoms with Crippen LogP contribution >= 0.6 is 0 Å². The van der Waals surface area contributed by atoms with Crippen molar-refractivity contribution in [1.82, 2.24) is 4.57 Å². The number of anilines is 1. The first-order valence-electron chi connectivity index (χ1n) is 5.83. The minimum atomic E-state index is 0.0450. The number of phenolic OH excluding ortho intramolecular Hbond substituents is 1. The summed E-state index contributed by atoms with van der Waals surface area (Å²) in [5.74, 6) is 0.215. The Bertz CT molecular complexity index is 672. The molecule has 2 aromatic carbocycles. The summed E-state index contributed by atoms with van der Waals surface area (Å²) in [6.45, 7) is 0.524. The van der Waals surface area contributed by atoms with Crippen molar-refractivity contribution in [2.75, 3.05) is 12.3 Å². The van der Waals surface area contributed by atoms with Gasteiger partial charge in [-0.05, 0) is 24.3 Å². The molecule has 0 radical (unpaired) electrons. The maximum Gasteiger partial charge on any atom is 0.125 e. The molecule has 0 unspecified atom stereocenters. The van der Waals surface area contributed by atoms with Gasteiger partial charge in [0.15, 0.2) is 0 Å². The summed E-state index contributed by atoms with van der Waals surface area (Å²) in [7, 11) is 0. The van der Waals surface area contributed by atoms with Crippen LogP contribution in [-0.4, -0.2) is 21.4 Å². The Morgan fingerprint density at radius 2 is 1.67 bits per heavy atom. The van der Waals surface area contributed by atoms with E-state index in [1.807, 2.05) is 28.8 Å². The molecule has 18 heavy (non-hydrogen) atoms. The smallest absolute Gasteiger partial charge is 0.125 e. The van der Waals surface area contributed by atoms with Crippen LogP contribution in [0.25, 0.3) is 21.8 Å². The van der Waals surface area contributed by atoms with Gasteiger partial charge in [-0.15, -0.1) is 0 Å². The van der Waals surface area contributed by atoms with Crippen molar-refractivity contribution in [3.05, 3.63) is 36.4 Å². The van der Waals surface area contributed by atoms with E-state index in [9.17, 15) is 10.2 Å². The molecule has 0 aliphatic carbocycles. The maximum absolute atomic E-state index is 10.0. The normalized spacial score (nSPS) is 11.4. The number of nitrogens with zero attached hydrogens (tertiary/aromatic N) is 1. The number of nitrogens with two attached hydrogens (primary N) is 1. The number of phenols is 1. The van der Waals surface area contributed by atoms with E-state index in [2.05, 4.69) is 0 Å². The van der Waals surface area contributed by atoms with E-state index in [4.69, 9.17) is 5.73 Å². The highest BCUT2D eigenvalue weighted by molar-refractivity contribution is 6.16. The van der Waals surface area contributed by atoms with Crippen LogP contribution in [0.2, 0.25) is 0 Å². The maximum atomic E-state index is 10.0. The van der Waals surface area contributed by atoms with Crippen molar-refractivity contribution in [3.63, 3.8) is 0 Å². The molecular weight excluding hydrogens is 228 g/mol. The summed E-state index contributed by atoms with van der Waals surface area (Å²) < 4.78 is 1.97. The Morgan fingerprint density at radius 3 is 2.39 bits per heavy atom. The van der Waals surface area contributed by atoms with Gasteiger partial charge in [-0.3, -0.25) is 0 Å². The molecule has 0 saturated carbocycles. The Morgan fingerprint density at radius 1 is 1.00 bits per heavy atom. The van der Waals surface area contributed by atoms with Crippen LogP contribution in [0, 0.1) is 0 Å². The van der Waals surface area contributed by atoms with Crippen molar-refractivity contribution in [1.29, 1.82) is 0 Å². The Hall–Kier alpha value is -2.20. The fraction of sp³-hybridized carbons (Fsp3) is 0.143. The minimum absolute atomic E-state index is 0.0450. The molecule has 4 heteroatoms. The van der Waals surface area contributed by atoms with Crippen LogP contribution in [0.15, 0.2) is 36.4 Å². The van der Waals surface area contributed by atoms with Gasteiger partial charge >= 0.3 is 0 Å². The van der Waals surface area contributed by atoms with Gasteiger partial charge in [0.05, 0.1) is 23.0 Å². The zero-order valence-electron chi connectivity index (χ0n) is 9.80. The number of aromatic nitrogens is 1. The average molecular weight is 242 g/mol. The fourth-order valence-electron chi connectivity index (χ4n) is 2.53. The second-order valence-electron chi connectivity index (χ2n) is 4.29. The van der Waals surface area contributed by atoms with Crippen molar-refractivity contribution >= 4 is 27.5 Å². The molecule has 3 rings (SSSR count). The van der Waals surface area contributed by atoms with Gasteiger partial charge in [0, 0.05) is 17.6 Å². The molecule has 0 bridgehead atoms. The molecule has 1 heterocycles. The van der Waals surface area contributed by atoms with Crippen LogP contribution < -0.4 is 5.73 Å². The number of benzene rings is 2. The number of aliphatic hydroxyl groups excluding tert-OH is 1. The first-order valence-corrected chi connectivity index (χ1v) is 5.83. The summed E-state index contributed by atoms with van der Waals surface area (Å²) >= 11 is 0. The number of fused-ring (bicyclic) bond motifs is 3. The topological polar surface area (TPSA) is 71.4 Å². The van der Waals surface area contributed by atoms with Crippen LogP contribution in [0.1, 0.15) is 0 Å². The Labute approximate surface area is 104 Å². The van der Waals surface area contributed by atoms with E-state index in [1.165, 1.54) is 0 Å². The Balaban J connectivity index is 2.57. The summed E-state index contributed by atoms with van der Waals surface area (Å²) in [6.07, 6.45) is 0. The van der Waals surface area contributed by atoms with Crippen LogP contribution in [0.3, 0.4) is 0 Å². The minimum Gasteiger partial charge on any atom is -0.507 e. The SMILES string of the molecule is Nc1cccc2c1c1c(O)cccc1n2CCO. The monoisotopic (exact) mass is 242 g/mol. The third-order valence-corrected chi connectivity index (χ3v) is 3.25. The molecule has 0 aliphatic rings. The van der Waals surface area contributed by atoms with Gasteiger partial charge in [-0.25, -0.2) is 0 Å². The fourth-order valence-corrected chi connectivity index (χ4v) is 2.53. The predicted molar refractivity (Wildman–Crippen MR) is 72.6 cm³/mol. The highest BCUT2D eigenvalue weighted by Crippen LogP contribution is 2.37. The van der Waals surface area contributed by atoms with E-state index < -0.39 is 0 Å². The summed E-state index contributed by atoms with van der Waals surface area (Å²) in [5, 5.41) is 20.8. The van der Waals surface area contributed by atoms with E-state index in [1.54, 1.807) is 12.1 Å². The van der Waals surface area contributed by atoms with Crippen molar-refractivity contribution in [3.8, 4) is 5.75 Å². The second-order valence-corrected chi connectivity index (χ2v) is 4.29. The molecule has 0 atom stereocenters. The number of aliphatic hydroxyl groups is 1. The van der Waals surface area contributed by atoms with E-state index >= 15 is 0 Å². The second kappa shape index (κ2) is 3.92. The highest BCUT2D eigenvalue weighted by atomic mass is 16.3. The van der Waals surface area contributed by atoms with Crippen LogP contribution in [0.5, 0.6) is 5.75 Å². The average Bonchev–Trinajstić information content (AvgIpc) is 2.68. The lowest BCUT2D eigenvalue weighted by Crippen LogP contribution is -2.01. The summed E-state index contributed by atoms with van der Waals surface area (Å²) in [5.41, 5.74) is 8.47. The first kappa shape index (κ1) is 10.9. The number of aromatic hydroxyl groups is 1. The van der Waals surface area contributed by atoms with Gasteiger partial charge in [0.1, 0.15) is 5.75 Å². The lowest BCUT2D eigenvalue weighted by atomic mass is 10.1.